The Morgan fingerprint density at radius 1 is 1.50 bits per heavy atom. The van der Waals surface area contributed by atoms with Crippen LogP contribution in [0.2, 0.25) is 4.47 Å². The quantitative estimate of drug-likeness (QED) is 0.606. The predicted molar refractivity (Wildman–Crippen MR) is 40.2 cm³/mol. The van der Waals surface area contributed by atoms with Crippen LogP contribution >= 0.6 is 22.9 Å². The van der Waals surface area contributed by atoms with Gasteiger partial charge in [-0.1, -0.05) is 22.9 Å². The van der Waals surface area contributed by atoms with Crippen molar-refractivity contribution in [2.24, 2.45) is 0 Å². The summed E-state index contributed by atoms with van der Waals surface area (Å²) in [4.78, 5) is 11.7. The van der Waals surface area contributed by atoms with Gasteiger partial charge in [-0.25, -0.2) is 15.0 Å². The van der Waals surface area contributed by atoms with E-state index in [1.54, 1.807) is 6.20 Å². The molecule has 0 fully saturated rings. The van der Waals surface area contributed by atoms with Gasteiger partial charge in [0, 0.05) is 6.20 Å². The zero-order valence-corrected chi connectivity index (χ0v) is 6.35. The molecule has 2 heterocycles. The summed E-state index contributed by atoms with van der Waals surface area (Å²) in [5.74, 6) is 0. The molecule has 0 radical (unpaired) electrons. The number of rotatable bonds is 0. The molecule has 2 aromatic rings. The van der Waals surface area contributed by atoms with Crippen molar-refractivity contribution in [2.45, 2.75) is 0 Å². The van der Waals surface area contributed by atoms with E-state index in [4.69, 9.17) is 11.6 Å². The second kappa shape index (κ2) is 2.14. The zero-order chi connectivity index (χ0) is 6.97. The number of aromatic nitrogens is 3. The second-order valence-electron chi connectivity index (χ2n) is 1.68. The Balaban J connectivity index is 2.88. The lowest BCUT2D eigenvalue weighted by atomic mass is 10.6. The normalized spacial score (nSPS) is 10.5. The Hall–Kier alpha value is -0.740. The third kappa shape index (κ3) is 0.853. The van der Waals surface area contributed by atoms with Crippen molar-refractivity contribution >= 4 is 33.3 Å². The van der Waals surface area contributed by atoms with E-state index in [1.807, 2.05) is 0 Å². The molecule has 2 aromatic heterocycles. The highest BCUT2D eigenvalue weighted by atomic mass is 35.5. The SMILES string of the molecule is Clc1nc2ncncc2s1. The minimum atomic E-state index is 0.510. The number of hydrogen-bond donors (Lipinski definition) is 0. The monoisotopic (exact) mass is 171 g/mol. The standard InChI is InChI=1S/C5H2ClN3S/c6-5-9-4-3(10-5)1-7-2-8-4/h1-2H. The van der Waals surface area contributed by atoms with Gasteiger partial charge in [-0.15, -0.1) is 0 Å². The van der Waals surface area contributed by atoms with Crippen LogP contribution in [0.1, 0.15) is 0 Å². The molecule has 0 aromatic carbocycles. The smallest absolute Gasteiger partial charge is 0.186 e. The second-order valence-corrected chi connectivity index (χ2v) is 3.29. The van der Waals surface area contributed by atoms with Crippen LogP contribution in [0.15, 0.2) is 12.5 Å². The summed E-state index contributed by atoms with van der Waals surface area (Å²) in [5.41, 5.74) is 0.671. The van der Waals surface area contributed by atoms with E-state index in [9.17, 15) is 0 Å². The van der Waals surface area contributed by atoms with Crippen LogP contribution in [-0.4, -0.2) is 15.0 Å². The molecule has 0 unspecified atom stereocenters. The molecule has 0 saturated heterocycles. The van der Waals surface area contributed by atoms with Crippen molar-refractivity contribution in [1.82, 2.24) is 15.0 Å². The molecule has 0 atom stereocenters. The topological polar surface area (TPSA) is 38.7 Å². The molecule has 0 spiro atoms. The zero-order valence-electron chi connectivity index (χ0n) is 4.78. The number of fused-ring (bicyclic) bond motifs is 1. The summed E-state index contributed by atoms with van der Waals surface area (Å²) < 4.78 is 1.43. The number of halogens is 1. The average Bonchev–Trinajstić information content (AvgIpc) is 2.27. The summed E-state index contributed by atoms with van der Waals surface area (Å²) in [6.45, 7) is 0. The molecule has 0 aliphatic carbocycles. The highest BCUT2D eigenvalue weighted by Gasteiger charge is 1.99. The fourth-order valence-corrected chi connectivity index (χ4v) is 1.61. The predicted octanol–water partition coefficient (Wildman–Crippen LogP) is 1.74. The van der Waals surface area contributed by atoms with Crippen LogP contribution in [0.4, 0.5) is 0 Å². The Bertz CT molecular complexity index is 325. The Morgan fingerprint density at radius 2 is 2.40 bits per heavy atom. The van der Waals surface area contributed by atoms with E-state index in [-0.39, 0.29) is 0 Å². The van der Waals surface area contributed by atoms with Gasteiger partial charge in [-0.2, -0.15) is 0 Å². The molecular formula is C5H2ClN3S. The first-order chi connectivity index (χ1) is 4.86. The van der Waals surface area contributed by atoms with Crippen molar-refractivity contribution in [1.29, 1.82) is 0 Å². The molecule has 50 valence electrons. The first-order valence-corrected chi connectivity index (χ1v) is 3.78. The maximum absolute atomic E-state index is 5.62. The van der Waals surface area contributed by atoms with Crippen LogP contribution in [0.25, 0.3) is 10.3 Å². The fraction of sp³-hybridized carbons (Fsp3) is 0. The molecule has 5 heteroatoms. The number of nitrogens with zero attached hydrogens (tertiary/aromatic N) is 3. The minimum Gasteiger partial charge on any atom is -0.243 e. The Kier molecular flexibility index (Phi) is 1.28. The lowest BCUT2D eigenvalue weighted by Gasteiger charge is -1.79. The van der Waals surface area contributed by atoms with Crippen LogP contribution in [0.3, 0.4) is 0 Å². The molecule has 2 rings (SSSR count). The van der Waals surface area contributed by atoms with Crippen LogP contribution in [0, 0.1) is 0 Å². The van der Waals surface area contributed by atoms with E-state index in [1.165, 1.54) is 17.7 Å². The Morgan fingerprint density at radius 3 is 3.20 bits per heavy atom. The Labute approximate surface area is 65.7 Å². The molecule has 10 heavy (non-hydrogen) atoms. The van der Waals surface area contributed by atoms with Gasteiger partial charge < -0.3 is 0 Å². The van der Waals surface area contributed by atoms with Gasteiger partial charge in [0.25, 0.3) is 0 Å². The highest BCUT2D eigenvalue weighted by molar-refractivity contribution is 7.22. The van der Waals surface area contributed by atoms with E-state index in [2.05, 4.69) is 15.0 Å². The van der Waals surface area contributed by atoms with Gasteiger partial charge in [0.1, 0.15) is 6.33 Å². The van der Waals surface area contributed by atoms with Crippen LogP contribution < -0.4 is 0 Å². The molecule has 0 bridgehead atoms. The van der Waals surface area contributed by atoms with Crippen LogP contribution in [-0.2, 0) is 0 Å². The minimum absolute atomic E-state index is 0.510. The summed E-state index contributed by atoms with van der Waals surface area (Å²) in [6.07, 6.45) is 3.16. The molecule has 0 saturated carbocycles. The summed E-state index contributed by atoms with van der Waals surface area (Å²) in [5, 5.41) is 0. The third-order valence-electron chi connectivity index (χ3n) is 1.05. The van der Waals surface area contributed by atoms with Crippen molar-refractivity contribution in [2.75, 3.05) is 0 Å². The largest absolute Gasteiger partial charge is 0.243 e. The maximum Gasteiger partial charge on any atom is 0.186 e. The van der Waals surface area contributed by atoms with Gasteiger partial charge in [-0.3, -0.25) is 0 Å². The van der Waals surface area contributed by atoms with Gasteiger partial charge in [0.2, 0.25) is 0 Å². The third-order valence-corrected chi connectivity index (χ3v) is 2.13. The van der Waals surface area contributed by atoms with Crippen LogP contribution in [0.5, 0.6) is 0 Å². The number of thiazole rings is 1. The van der Waals surface area contributed by atoms with Crippen molar-refractivity contribution in [3.8, 4) is 0 Å². The summed E-state index contributed by atoms with van der Waals surface area (Å²) >= 11 is 7.00. The molecule has 0 aliphatic heterocycles. The first kappa shape index (κ1) is 6.00. The number of hydrogen-bond acceptors (Lipinski definition) is 4. The van der Waals surface area contributed by atoms with E-state index >= 15 is 0 Å². The van der Waals surface area contributed by atoms with E-state index in [0.29, 0.717) is 10.1 Å². The highest BCUT2D eigenvalue weighted by Crippen LogP contribution is 2.22. The summed E-state index contributed by atoms with van der Waals surface area (Å²) in [7, 11) is 0. The fourth-order valence-electron chi connectivity index (χ4n) is 0.663. The first-order valence-electron chi connectivity index (χ1n) is 2.58. The van der Waals surface area contributed by atoms with Crippen molar-refractivity contribution in [3.05, 3.63) is 17.0 Å². The molecule has 3 nitrogen and oxygen atoms in total. The molecule has 0 aliphatic rings. The van der Waals surface area contributed by atoms with Gasteiger partial charge >= 0.3 is 0 Å². The lowest BCUT2D eigenvalue weighted by molar-refractivity contribution is 1.20. The van der Waals surface area contributed by atoms with Gasteiger partial charge in [0.05, 0.1) is 4.70 Å². The van der Waals surface area contributed by atoms with E-state index < -0.39 is 0 Å². The van der Waals surface area contributed by atoms with Crippen molar-refractivity contribution < 1.29 is 0 Å². The van der Waals surface area contributed by atoms with Crippen molar-refractivity contribution in [3.63, 3.8) is 0 Å². The molecular weight excluding hydrogens is 170 g/mol. The molecule has 0 amide bonds. The maximum atomic E-state index is 5.62. The van der Waals surface area contributed by atoms with Gasteiger partial charge in [-0.05, 0) is 0 Å². The average molecular weight is 172 g/mol. The molecule has 0 N–H and O–H groups in total. The van der Waals surface area contributed by atoms with E-state index in [0.717, 1.165) is 4.70 Å². The summed E-state index contributed by atoms with van der Waals surface area (Å²) in [6, 6.07) is 0. The van der Waals surface area contributed by atoms with Gasteiger partial charge in [0.15, 0.2) is 10.1 Å². The lowest BCUT2D eigenvalue weighted by Crippen LogP contribution is -1.75.